The fourth-order valence-electron chi connectivity index (χ4n) is 4.33. The fourth-order valence-corrected chi connectivity index (χ4v) is 4.33. The first-order valence-electron chi connectivity index (χ1n) is 11.9. The van der Waals surface area contributed by atoms with E-state index >= 15 is 0 Å². The van der Waals surface area contributed by atoms with Crippen LogP contribution in [0.4, 0.5) is 0 Å². The van der Waals surface area contributed by atoms with Gasteiger partial charge in [0.25, 0.3) is 5.91 Å². The fraction of sp³-hybridized carbons (Fsp3) is 0.407. The van der Waals surface area contributed by atoms with Gasteiger partial charge in [-0.1, -0.05) is 48.3 Å². The molecule has 174 valence electrons. The van der Waals surface area contributed by atoms with Crippen LogP contribution in [0.5, 0.6) is 5.75 Å². The van der Waals surface area contributed by atoms with Gasteiger partial charge in [0.05, 0.1) is 7.11 Å². The van der Waals surface area contributed by atoms with E-state index in [1.165, 1.54) is 18.4 Å². The van der Waals surface area contributed by atoms with Gasteiger partial charge in [-0.25, -0.2) is 0 Å². The van der Waals surface area contributed by atoms with Crippen LogP contribution in [0.3, 0.4) is 0 Å². The van der Waals surface area contributed by atoms with Crippen LogP contribution < -0.4 is 4.74 Å². The van der Waals surface area contributed by atoms with Crippen molar-refractivity contribution in [2.45, 2.75) is 38.6 Å². The van der Waals surface area contributed by atoms with Crippen LogP contribution in [-0.4, -0.2) is 54.2 Å². The quantitative estimate of drug-likeness (QED) is 0.534. The van der Waals surface area contributed by atoms with Crippen molar-refractivity contribution in [2.24, 2.45) is 0 Å². The topological polar surface area (TPSA) is 58.8 Å². The van der Waals surface area contributed by atoms with Crippen LogP contribution in [-0.2, 0) is 6.54 Å². The second-order valence-corrected chi connectivity index (χ2v) is 8.63. The second-order valence-electron chi connectivity index (χ2n) is 8.63. The molecule has 33 heavy (non-hydrogen) atoms. The number of carbonyl (C=O) groups is 1. The van der Waals surface area contributed by atoms with Gasteiger partial charge in [0, 0.05) is 37.8 Å². The Morgan fingerprint density at radius 1 is 0.909 bits per heavy atom. The molecule has 1 aliphatic rings. The summed E-state index contributed by atoms with van der Waals surface area (Å²) in [7, 11) is 1.64. The Morgan fingerprint density at radius 3 is 2.36 bits per heavy atom. The van der Waals surface area contributed by atoms with Crippen molar-refractivity contribution in [3.05, 3.63) is 72.0 Å². The van der Waals surface area contributed by atoms with E-state index in [1.807, 2.05) is 29.2 Å². The first-order chi connectivity index (χ1) is 16.2. The SMILES string of the molecule is COc1ccc(-c2cc(C(=O)N3CCCCCCN(Cc4ccccc4)CCC3)on2)cc1. The minimum atomic E-state index is -0.0730. The summed E-state index contributed by atoms with van der Waals surface area (Å²) < 4.78 is 10.7. The van der Waals surface area contributed by atoms with E-state index in [4.69, 9.17) is 9.26 Å². The Hall–Kier alpha value is -3.12. The number of ether oxygens (including phenoxy) is 1. The number of benzene rings is 2. The Labute approximate surface area is 196 Å². The van der Waals surface area contributed by atoms with E-state index in [9.17, 15) is 4.79 Å². The van der Waals surface area contributed by atoms with Crippen molar-refractivity contribution in [1.82, 2.24) is 15.0 Å². The lowest BCUT2D eigenvalue weighted by Gasteiger charge is -2.24. The maximum absolute atomic E-state index is 13.2. The van der Waals surface area contributed by atoms with Gasteiger partial charge in [-0.05, 0) is 55.6 Å². The van der Waals surface area contributed by atoms with Crippen LogP contribution in [0.1, 0.15) is 48.2 Å². The summed E-state index contributed by atoms with van der Waals surface area (Å²) in [5.41, 5.74) is 2.90. The van der Waals surface area contributed by atoms with E-state index in [0.717, 1.165) is 63.3 Å². The number of hydrogen-bond donors (Lipinski definition) is 0. The third-order valence-electron chi connectivity index (χ3n) is 6.20. The van der Waals surface area contributed by atoms with E-state index in [-0.39, 0.29) is 5.91 Å². The summed E-state index contributed by atoms with van der Waals surface area (Å²) in [5.74, 6) is 1.01. The highest BCUT2D eigenvalue weighted by atomic mass is 16.5. The monoisotopic (exact) mass is 447 g/mol. The van der Waals surface area contributed by atoms with Gasteiger partial charge < -0.3 is 14.2 Å². The normalized spacial score (nSPS) is 16.2. The minimum Gasteiger partial charge on any atom is -0.497 e. The first kappa shape index (κ1) is 23.1. The molecule has 4 rings (SSSR count). The number of amides is 1. The smallest absolute Gasteiger partial charge is 0.292 e. The van der Waals surface area contributed by atoms with Gasteiger partial charge in [0.1, 0.15) is 11.4 Å². The molecule has 0 atom stereocenters. The molecule has 1 aliphatic heterocycles. The minimum absolute atomic E-state index is 0.0730. The second kappa shape index (κ2) is 11.7. The third kappa shape index (κ3) is 6.45. The van der Waals surface area contributed by atoms with Crippen molar-refractivity contribution >= 4 is 5.91 Å². The predicted molar refractivity (Wildman–Crippen MR) is 129 cm³/mol. The van der Waals surface area contributed by atoms with Gasteiger partial charge in [0.2, 0.25) is 5.76 Å². The van der Waals surface area contributed by atoms with Crippen LogP contribution in [0, 0.1) is 0 Å². The number of rotatable bonds is 5. The molecule has 0 spiro atoms. The average Bonchev–Trinajstić information content (AvgIpc) is 3.33. The number of nitrogens with zero attached hydrogens (tertiary/aromatic N) is 3. The zero-order valence-electron chi connectivity index (χ0n) is 19.4. The number of hydrogen-bond acceptors (Lipinski definition) is 5. The Kier molecular flexibility index (Phi) is 8.14. The molecule has 1 aromatic heterocycles. The van der Waals surface area contributed by atoms with Crippen molar-refractivity contribution in [2.75, 3.05) is 33.3 Å². The van der Waals surface area contributed by atoms with Gasteiger partial charge in [-0.3, -0.25) is 9.69 Å². The molecule has 0 N–H and O–H groups in total. The summed E-state index contributed by atoms with van der Waals surface area (Å²) in [6.45, 7) is 4.53. The number of methoxy groups -OCH3 is 1. The molecular formula is C27H33N3O3. The molecular weight excluding hydrogens is 414 g/mol. The van der Waals surface area contributed by atoms with Crippen LogP contribution in [0.2, 0.25) is 0 Å². The molecule has 0 bridgehead atoms. The Morgan fingerprint density at radius 2 is 1.61 bits per heavy atom. The number of carbonyl (C=O) groups excluding carboxylic acids is 1. The van der Waals surface area contributed by atoms with Gasteiger partial charge in [-0.15, -0.1) is 0 Å². The van der Waals surface area contributed by atoms with Gasteiger partial charge >= 0.3 is 0 Å². The largest absolute Gasteiger partial charge is 0.497 e. The standard InChI is InChI=1S/C27H33N3O3/c1-32-24-14-12-23(13-15-24)25-20-26(33-28-25)27(31)30-18-8-3-2-7-16-29(17-9-19-30)21-22-10-5-4-6-11-22/h4-6,10-15,20H,2-3,7-9,16-19,21H2,1H3. The van der Waals surface area contributed by atoms with Crippen LogP contribution in [0.15, 0.2) is 65.2 Å². The van der Waals surface area contributed by atoms with E-state index in [1.54, 1.807) is 13.2 Å². The molecule has 1 fully saturated rings. The highest BCUT2D eigenvalue weighted by Crippen LogP contribution is 2.23. The maximum Gasteiger partial charge on any atom is 0.292 e. The Bertz CT molecular complexity index is 1000. The predicted octanol–water partition coefficient (Wildman–Crippen LogP) is 5.26. The molecule has 0 unspecified atom stereocenters. The summed E-state index contributed by atoms with van der Waals surface area (Å²) >= 11 is 0. The van der Waals surface area contributed by atoms with Crippen LogP contribution >= 0.6 is 0 Å². The highest BCUT2D eigenvalue weighted by Gasteiger charge is 2.21. The average molecular weight is 448 g/mol. The van der Waals surface area contributed by atoms with Crippen LogP contribution in [0.25, 0.3) is 11.3 Å². The molecule has 0 aliphatic carbocycles. The van der Waals surface area contributed by atoms with Crippen molar-refractivity contribution in [1.29, 1.82) is 0 Å². The molecule has 1 amide bonds. The maximum atomic E-state index is 13.2. The molecule has 2 heterocycles. The van der Waals surface area contributed by atoms with E-state index in [0.29, 0.717) is 11.5 Å². The lowest BCUT2D eigenvalue weighted by molar-refractivity contribution is 0.0704. The molecule has 0 saturated carbocycles. The molecule has 6 heteroatoms. The van der Waals surface area contributed by atoms with Crippen molar-refractivity contribution in [3.63, 3.8) is 0 Å². The third-order valence-corrected chi connectivity index (χ3v) is 6.20. The molecule has 2 aromatic carbocycles. The molecule has 3 aromatic rings. The summed E-state index contributed by atoms with van der Waals surface area (Å²) in [6, 6.07) is 20.0. The summed E-state index contributed by atoms with van der Waals surface area (Å²) in [6.07, 6.45) is 5.49. The summed E-state index contributed by atoms with van der Waals surface area (Å²) in [5, 5.41) is 4.14. The Balaban J connectivity index is 1.39. The summed E-state index contributed by atoms with van der Waals surface area (Å²) in [4.78, 5) is 17.7. The zero-order chi connectivity index (χ0) is 22.9. The first-order valence-corrected chi connectivity index (χ1v) is 11.9. The van der Waals surface area contributed by atoms with E-state index in [2.05, 4.69) is 40.4 Å². The molecule has 1 saturated heterocycles. The zero-order valence-corrected chi connectivity index (χ0v) is 19.4. The molecule has 0 radical (unpaired) electrons. The van der Waals surface area contributed by atoms with E-state index < -0.39 is 0 Å². The lowest BCUT2D eigenvalue weighted by atomic mass is 10.1. The van der Waals surface area contributed by atoms with Gasteiger partial charge in [0.15, 0.2) is 0 Å². The van der Waals surface area contributed by atoms with Crippen molar-refractivity contribution < 1.29 is 14.1 Å². The van der Waals surface area contributed by atoms with Crippen molar-refractivity contribution in [3.8, 4) is 17.0 Å². The number of aromatic nitrogens is 1. The molecule has 6 nitrogen and oxygen atoms in total. The lowest BCUT2D eigenvalue weighted by Crippen LogP contribution is -2.34. The van der Waals surface area contributed by atoms with Gasteiger partial charge in [-0.2, -0.15) is 0 Å². The highest BCUT2D eigenvalue weighted by molar-refractivity contribution is 5.92.